The lowest BCUT2D eigenvalue weighted by Crippen LogP contribution is -2.45. The Morgan fingerprint density at radius 2 is 1.94 bits per heavy atom. The van der Waals surface area contributed by atoms with E-state index in [-0.39, 0.29) is 18.0 Å². The van der Waals surface area contributed by atoms with Crippen LogP contribution in [0.15, 0.2) is 36.5 Å². The van der Waals surface area contributed by atoms with E-state index in [1.807, 2.05) is 37.4 Å². The maximum absolute atomic E-state index is 12.2. The van der Waals surface area contributed by atoms with Crippen LogP contribution in [0.2, 0.25) is 0 Å². The summed E-state index contributed by atoms with van der Waals surface area (Å²) < 4.78 is 0. The topological polar surface area (TPSA) is 85.8 Å². The van der Waals surface area contributed by atoms with Crippen molar-refractivity contribution in [2.24, 2.45) is 0 Å². The van der Waals surface area contributed by atoms with Crippen molar-refractivity contribution in [1.29, 1.82) is 0 Å². The number of benzene rings is 1. The Kier molecular flexibility index (Phi) is 6.23. The number of amides is 2. The van der Waals surface area contributed by atoms with Gasteiger partial charge in [0.15, 0.2) is 0 Å². The highest BCUT2D eigenvalue weighted by Crippen LogP contribution is 2.39. The molecule has 2 atom stereocenters. The monoisotopic (exact) mass is 422 g/mol. The van der Waals surface area contributed by atoms with Crippen LogP contribution in [0.3, 0.4) is 0 Å². The molecule has 2 N–H and O–H groups in total. The van der Waals surface area contributed by atoms with Gasteiger partial charge in [-0.25, -0.2) is 4.79 Å². The second-order valence-corrected chi connectivity index (χ2v) is 8.64. The molecule has 4 rings (SSSR count). The molecule has 1 saturated heterocycles. The van der Waals surface area contributed by atoms with E-state index in [9.17, 15) is 14.7 Å². The quantitative estimate of drug-likeness (QED) is 0.772. The molecule has 0 aliphatic carbocycles. The zero-order chi connectivity index (χ0) is 22.0. The van der Waals surface area contributed by atoms with E-state index in [0.29, 0.717) is 6.42 Å². The van der Waals surface area contributed by atoms with Gasteiger partial charge in [0.2, 0.25) is 5.91 Å². The minimum Gasteiger partial charge on any atom is -0.465 e. The number of nitrogens with one attached hydrogen (secondary N) is 1. The summed E-state index contributed by atoms with van der Waals surface area (Å²) in [5, 5.41) is 11.9. The van der Waals surface area contributed by atoms with Crippen molar-refractivity contribution < 1.29 is 14.7 Å². The number of anilines is 1. The minimum atomic E-state index is -1.06. The van der Waals surface area contributed by atoms with Gasteiger partial charge in [-0.15, -0.1) is 0 Å². The number of hydrogen-bond acceptors (Lipinski definition) is 4. The first kappa shape index (κ1) is 21.3. The molecule has 2 amide bonds. The van der Waals surface area contributed by atoms with E-state index in [4.69, 9.17) is 0 Å². The van der Waals surface area contributed by atoms with Gasteiger partial charge >= 0.3 is 6.09 Å². The van der Waals surface area contributed by atoms with Crippen LogP contribution in [-0.2, 0) is 11.3 Å². The summed E-state index contributed by atoms with van der Waals surface area (Å²) in [7, 11) is 0. The van der Waals surface area contributed by atoms with Crippen LogP contribution in [-0.4, -0.2) is 46.1 Å². The largest absolute Gasteiger partial charge is 0.465 e. The molecule has 0 radical (unpaired) electrons. The average Bonchev–Trinajstić information content (AvgIpc) is 2.74. The molecule has 2 aromatic rings. The molecule has 0 spiro atoms. The predicted octanol–water partition coefficient (Wildman–Crippen LogP) is 4.19. The number of piperidine rings is 1. The maximum atomic E-state index is 12.2. The lowest BCUT2D eigenvalue weighted by Gasteiger charge is -2.39. The van der Waals surface area contributed by atoms with E-state index in [0.717, 1.165) is 42.1 Å². The van der Waals surface area contributed by atoms with Gasteiger partial charge in [0.1, 0.15) is 0 Å². The highest BCUT2D eigenvalue weighted by atomic mass is 16.4. The van der Waals surface area contributed by atoms with Crippen LogP contribution in [0, 0.1) is 0 Å². The van der Waals surface area contributed by atoms with Gasteiger partial charge in [0.05, 0.1) is 11.7 Å². The lowest BCUT2D eigenvalue weighted by molar-refractivity contribution is -0.117. The van der Waals surface area contributed by atoms with Crippen molar-refractivity contribution in [3.63, 3.8) is 0 Å². The zero-order valence-electron chi connectivity index (χ0n) is 18.2. The number of carbonyl (C=O) groups is 2. The number of likely N-dealkylation sites (tertiary alicyclic amines) is 1. The lowest BCUT2D eigenvalue weighted by atomic mass is 9.89. The average molecular weight is 423 g/mol. The van der Waals surface area contributed by atoms with Crippen molar-refractivity contribution in [2.45, 2.75) is 58.2 Å². The van der Waals surface area contributed by atoms with E-state index >= 15 is 0 Å². The summed E-state index contributed by atoms with van der Waals surface area (Å²) in [5.74, 6) is -0.0459. The molecule has 1 fully saturated rings. The number of fused-ring (bicyclic) bond motifs is 1. The Balaban J connectivity index is 1.61. The molecule has 1 aromatic carbocycles. The van der Waals surface area contributed by atoms with Crippen molar-refractivity contribution in [1.82, 2.24) is 15.2 Å². The van der Waals surface area contributed by atoms with Crippen LogP contribution in [0.1, 0.15) is 56.7 Å². The summed E-state index contributed by atoms with van der Waals surface area (Å²) in [6.07, 6.45) is 5.25. The Bertz CT molecular complexity index is 954. The third-order valence-corrected chi connectivity index (χ3v) is 6.29. The second-order valence-electron chi connectivity index (χ2n) is 8.64. The standard InChI is InChI=1S/C24H30N4O3/c1-16-12-22(26-24(30)31)20-13-19(7-9-23(20)28(16)17(2)29)21-8-6-18(14-25-21)15-27-10-4-3-5-11-27/h6-9,13-14,16,22,26H,3-5,10-12,15H2,1-2H3,(H,30,31)/t16-,22+/m1/s1. The molecule has 0 saturated carbocycles. The van der Waals surface area contributed by atoms with Gasteiger partial charge in [-0.05, 0) is 68.6 Å². The van der Waals surface area contributed by atoms with Crippen LogP contribution >= 0.6 is 0 Å². The van der Waals surface area contributed by atoms with Crippen LogP contribution in [0.5, 0.6) is 0 Å². The number of carbonyl (C=O) groups excluding carboxylic acids is 1. The third-order valence-electron chi connectivity index (χ3n) is 6.29. The first-order valence-electron chi connectivity index (χ1n) is 11.0. The van der Waals surface area contributed by atoms with Crippen molar-refractivity contribution in [3.8, 4) is 11.3 Å². The Hall–Kier alpha value is -2.93. The van der Waals surface area contributed by atoms with Crippen molar-refractivity contribution >= 4 is 17.7 Å². The van der Waals surface area contributed by atoms with E-state index in [1.165, 1.54) is 24.8 Å². The molecule has 3 heterocycles. The van der Waals surface area contributed by atoms with Crippen LogP contribution in [0.25, 0.3) is 11.3 Å². The molecule has 31 heavy (non-hydrogen) atoms. The number of nitrogens with zero attached hydrogens (tertiary/aromatic N) is 3. The first-order valence-corrected chi connectivity index (χ1v) is 11.0. The number of aromatic nitrogens is 1. The van der Waals surface area contributed by atoms with Crippen molar-refractivity contribution in [3.05, 3.63) is 47.7 Å². The van der Waals surface area contributed by atoms with Gasteiger partial charge < -0.3 is 15.3 Å². The SMILES string of the molecule is CC(=O)N1c2ccc(-c3ccc(CN4CCCCC4)cn3)cc2[C@@H](NC(=O)O)C[C@H]1C. The summed E-state index contributed by atoms with van der Waals surface area (Å²) in [6, 6.07) is 9.52. The number of carboxylic acid groups (broad SMARTS) is 1. The fraction of sp³-hybridized carbons (Fsp3) is 0.458. The molecule has 7 heteroatoms. The molecule has 164 valence electrons. The molecule has 0 unspecified atom stereocenters. The second kappa shape index (κ2) is 9.06. The van der Waals surface area contributed by atoms with E-state index < -0.39 is 6.09 Å². The minimum absolute atomic E-state index is 0.0459. The van der Waals surface area contributed by atoms with E-state index in [2.05, 4.69) is 21.3 Å². The Morgan fingerprint density at radius 1 is 1.16 bits per heavy atom. The first-order chi connectivity index (χ1) is 14.9. The van der Waals surface area contributed by atoms with Gasteiger partial charge in [0, 0.05) is 37.0 Å². The molecule has 7 nitrogen and oxygen atoms in total. The van der Waals surface area contributed by atoms with E-state index in [1.54, 1.807) is 11.8 Å². The summed E-state index contributed by atoms with van der Waals surface area (Å²) in [4.78, 5) is 32.5. The van der Waals surface area contributed by atoms with Crippen molar-refractivity contribution in [2.75, 3.05) is 18.0 Å². The highest BCUT2D eigenvalue weighted by molar-refractivity contribution is 5.94. The molecular formula is C24H30N4O3. The van der Waals surface area contributed by atoms with Crippen LogP contribution in [0.4, 0.5) is 10.5 Å². The zero-order valence-corrected chi connectivity index (χ0v) is 18.2. The smallest absolute Gasteiger partial charge is 0.405 e. The molecular weight excluding hydrogens is 392 g/mol. The van der Waals surface area contributed by atoms with Gasteiger partial charge in [0.25, 0.3) is 0 Å². The summed E-state index contributed by atoms with van der Waals surface area (Å²) in [5.41, 5.74) is 4.53. The molecule has 0 bridgehead atoms. The summed E-state index contributed by atoms with van der Waals surface area (Å²) >= 11 is 0. The molecule has 2 aliphatic rings. The maximum Gasteiger partial charge on any atom is 0.405 e. The Morgan fingerprint density at radius 3 is 2.58 bits per heavy atom. The molecule has 1 aromatic heterocycles. The normalized spacial score (nSPS) is 21.4. The fourth-order valence-corrected chi connectivity index (χ4v) is 4.85. The van der Waals surface area contributed by atoms with Crippen LogP contribution < -0.4 is 10.2 Å². The number of hydrogen-bond donors (Lipinski definition) is 2. The molecule has 2 aliphatic heterocycles. The number of rotatable bonds is 4. The third kappa shape index (κ3) is 4.71. The Labute approximate surface area is 183 Å². The highest BCUT2D eigenvalue weighted by Gasteiger charge is 2.33. The summed E-state index contributed by atoms with van der Waals surface area (Å²) in [6.45, 7) is 6.71. The van der Waals surface area contributed by atoms with Gasteiger partial charge in [-0.2, -0.15) is 0 Å². The fourth-order valence-electron chi connectivity index (χ4n) is 4.85. The number of pyridine rings is 1. The van der Waals surface area contributed by atoms with Gasteiger partial charge in [-0.1, -0.05) is 18.6 Å². The predicted molar refractivity (Wildman–Crippen MR) is 120 cm³/mol. The van der Waals surface area contributed by atoms with Gasteiger partial charge in [-0.3, -0.25) is 14.7 Å².